The third kappa shape index (κ3) is 2.64. The summed E-state index contributed by atoms with van der Waals surface area (Å²) >= 11 is 0. The molecule has 0 spiro atoms. The molecule has 0 saturated heterocycles. The van der Waals surface area contributed by atoms with Crippen LogP contribution < -0.4 is 21.1 Å². The molecular formula is C7H8B3F3O2. The zero-order valence-corrected chi connectivity index (χ0v) is 8.57. The van der Waals surface area contributed by atoms with Crippen molar-refractivity contribution in [1.82, 2.24) is 0 Å². The van der Waals surface area contributed by atoms with Gasteiger partial charge in [0.05, 0.1) is 0 Å². The second-order valence-electron chi connectivity index (χ2n) is 3.34. The number of phenolic OH excluding ortho intramolecular Hbond substituents is 1. The van der Waals surface area contributed by atoms with E-state index < -0.39 is 6.36 Å². The number of rotatable bonds is 1. The normalized spacial score (nSPS) is 11.4. The summed E-state index contributed by atoms with van der Waals surface area (Å²) in [5, 5.41) is 9.47. The quantitative estimate of drug-likeness (QED) is 0.506. The maximum atomic E-state index is 12.0. The van der Waals surface area contributed by atoms with Gasteiger partial charge < -0.3 is 9.84 Å². The van der Waals surface area contributed by atoms with E-state index in [1.54, 1.807) is 7.85 Å². The molecule has 0 amide bonds. The Morgan fingerprint density at radius 3 is 2.13 bits per heavy atom. The van der Waals surface area contributed by atoms with Gasteiger partial charge >= 0.3 is 6.36 Å². The lowest BCUT2D eigenvalue weighted by molar-refractivity contribution is -0.274. The van der Waals surface area contributed by atoms with Crippen LogP contribution in [0.25, 0.3) is 0 Å². The van der Waals surface area contributed by atoms with Crippen molar-refractivity contribution in [2.45, 2.75) is 6.36 Å². The number of alkyl halides is 3. The van der Waals surface area contributed by atoms with Gasteiger partial charge in [-0.15, -0.1) is 13.2 Å². The Morgan fingerprint density at radius 1 is 1.13 bits per heavy atom. The first-order chi connectivity index (χ1) is 6.72. The van der Waals surface area contributed by atoms with Gasteiger partial charge in [0.1, 0.15) is 35.0 Å². The summed E-state index contributed by atoms with van der Waals surface area (Å²) in [6, 6.07) is 1.17. The zero-order chi connectivity index (χ0) is 11.8. The molecule has 0 aliphatic heterocycles. The Balaban J connectivity index is 3.21. The molecule has 0 fully saturated rings. The van der Waals surface area contributed by atoms with Gasteiger partial charge in [-0.05, 0) is 11.5 Å². The molecular weight excluding hydrogens is 206 g/mol. The fourth-order valence-corrected chi connectivity index (χ4v) is 1.26. The lowest BCUT2D eigenvalue weighted by Gasteiger charge is -2.15. The first kappa shape index (κ1) is 11.9. The number of benzene rings is 1. The largest absolute Gasteiger partial charge is 0.573 e. The smallest absolute Gasteiger partial charge is 0.509 e. The molecule has 1 rings (SSSR count). The summed E-state index contributed by atoms with van der Waals surface area (Å²) in [4.78, 5) is 0. The van der Waals surface area contributed by atoms with Crippen LogP contribution in [0.3, 0.4) is 0 Å². The number of hydrogen-bond donors (Lipinski definition) is 1. The third-order valence-electron chi connectivity index (χ3n) is 2.23. The van der Waals surface area contributed by atoms with E-state index in [1.165, 1.54) is 21.8 Å². The predicted molar refractivity (Wildman–Crippen MR) is 59.3 cm³/mol. The number of phenols is 1. The summed E-state index contributed by atoms with van der Waals surface area (Å²) in [7, 11) is 4.53. The average Bonchev–Trinajstić information content (AvgIpc) is 2.08. The summed E-state index contributed by atoms with van der Waals surface area (Å²) in [5.74, 6) is -0.266. The van der Waals surface area contributed by atoms with Crippen LogP contribution >= 0.6 is 0 Å². The molecule has 8 heteroatoms. The lowest BCUT2D eigenvalue weighted by Crippen LogP contribution is -2.34. The summed E-state index contributed by atoms with van der Waals surface area (Å²) in [6.45, 7) is 0. The Hall–Kier alpha value is -1.20. The van der Waals surface area contributed by atoms with Gasteiger partial charge in [-0.3, -0.25) is 0 Å². The van der Waals surface area contributed by atoms with Crippen LogP contribution in [0.4, 0.5) is 13.2 Å². The Morgan fingerprint density at radius 2 is 1.67 bits per heavy atom. The minimum Gasteiger partial charge on any atom is -0.509 e. The van der Waals surface area contributed by atoms with Crippen LogP contribution in [0.2, 0.25) is 0 Å². The monoisotopic (exact) mass is 214 g/mol. The highest BCUT2D eigenvalue weighted by atomic mass is 19.4. The van der Waals surface area contributed by atoms with Gasteiger partial charge in [-0.1, -0.05) is 10.9 Å². The highest BCUT2D eigenvalue weighted by Crippen LogP contribution is 2.20. The molecule has 2 nitrogen and oxygen atoms in total. The van der Waals surface area contributed by atoms with Crippen molar-refractivity contribution in [2.24, 2.45) is 0 Å². The molecule has 1 N–H and O–H groups in total. The molecule has 0 heterocycles. The van der Waals surface area contributed by atoms with E-state index in [4.69, 9.17) is 0 Å². The van der Waals surface area contributed by atoms with E-state index >= 15 is 0 Å². The standard InChI is InChI=1S/C7H8B3F3O2/c8-2-1-3(15-7(11,12)13)4(9)5(10)6(2)14/h1,14H,8-10H2. The molecule has 0 atom stereocenters. The maximum Gasteiger partial charge on any atom is 0.573 e. The highest BCUT2D eigenvalue weighted by Gasteiger charge is 2.32. The second-order valence-corrected chi connectivity index (χ2v) is 3.34. The van der Waals surface area contributed by atoms with Crippen molar-refractivity contribution in [3.05, 3.63) is 6.07 Å². The van der Waals surface area contributed by atoms with Crippen molar-refractivity contribution >= 4 is 39.9 Å². The van der Waals surface area contributed by atoms with E-state index in [9.17, 15) is 18.3 Å². The van der Waals surface area contributed by atoms with Gasteiger partial charge in [0.25, 0.3) is 0 Å². The van der Waals surface area contributed by atoms with Crippen molar-refractivity contribution in [3.63, 3.8) is 0 Å². The minimum absolute atomic E-state index is 0.00187. The molecule has 1 aromatic carbocycles. The molecule has 0 bridgehead atoms. The molecule has 0 radical (unpaired) electrons. The third-order valence-corrected chi connectivity index (χ3v) is 2.23. The number of aromatic hydroxyl groups is 1. The molecule has 0 saturated carbocycles. The summed E-state index contributed by atoms with van der Waals surface area (Å²) in [6.07, 6.45) is -4.71. The zero-order valence-electron chi connectivity index (χ0n) is 8.57. The van der Waals surface area contributed by atoms with Gasteiger partial charge in [0.15, 0.2) is 0 Å². The molecule has 0 aliphatic carbocycles. The van der Waals surface area contributed by atoms with E-state index in [0.717, 1.165) is 0 Å². The molecule has 0 unspecified atom stereocenters. The van der Waals surface area contributed by atoms with Crippen molar-refractivity contribution in [1.29, 1.82) is 0 Å². The first-order valence-electron chi connectivity index (χ1n) is 4.28. The van der Waals surface area contributed by atoms with E-state index in [1.807, 2.05) is 0 Å². The Bertz CT molecular complexity index is 392. The van der Waals surface area contributed by atoms with Crippen LogP contribution in [0, 0.1) is 0 Å². The lowest BCUT2D eigenvalue weighted by atomic mass is 9.75. The SMILES string of the molecule is Bc1cc(OC(F)(F)F)c(B)c(B)c1O. The number of halogens is 3. The van der Waals surface area contributed by atoms with E-state index in [-0.39, 0.29) is 17.0 Å². The maximum absolute atomic E-state index is 12.0. The molecule has 15 heavy (non-hydrogen) atoms. The minimum atomic E-state index is -4.71. The molecule has 0 aliphatic rings. The fourth-order valence-electron chi connectivity index (χ4n) is 1.26. The Kier molecular flexibility index (Phi) is 2.97. The van der Waals surface area contributed by atoms with Crippen LogP contribution in [-0.2, 0) is 0 Å². The van der Waals surface area contributed by atoms with Crippen LogP contribution in [0.15, 0.2) is 6.07 Å². The average molecular weight is 214 g/mol. The molecule has 1 aromatic rings. The number of hydrogen-bond acceptors (Lipinski definition) is 2. The summed E-state index contributed by atoms with van der Waals surface area (Å²) in [5.41, 5.74) is 1.04. The van der Waals surface area contributed by atoms with E-state index in [2.05, 4.69) is 4.74 Å². The molecule has 78 valence electrons. The fraction of sp³-hybridized carbons (Fsp3) is 0.143. The van der Waals surface area contributed by atoms with Gasteiger partial charge in [-0.25, -0.2) is 0 Å². The topological polar surface area (TPSA) is 29.5 Å². The van der Waals surface area contributed by atoms with Crippen molar-refractivity contribution in [2.75, 3.05) is 0 Å². The van der Waals surface area contributed by atoms with Gasteiger partial charge in [0.2, 0.25) is 0 Å². The van der Waals surface area contributed by atoms with Gasteiger partial charge in [0, 0.05) is 0 Å². The molecule has 0 aromatic heterocycles. The van der Waals surface area contributed by atoms with Crippen LogP contribution in [0.1, 0.15) is 0 Å². The Labute approximate surface area is 87.7 Å². The van der Waals surface area contributed by atoms with Crippen molar-refractivity contribution in [3.8, 4) is 11.5 Å². The summed E-state index contributed by atoms with van der Waals surface area (Å²) < 4.78 is 39.8. The van der Waals surface area contributed by atoms with Crippen molar-refractivity contribution < 1.29 is 23.0 Å². The predicted octanol–water partition coefficient (Wildman–Crippen LogP) is -2.93. The highest BCUT2D eigenvalue weighted by molar-refractivity contribution is 6.53. The van der Waals surface area contributed by atoms with Crippen LogP contribution in [-0.4, -0.2) is 35.0 Å². The van der Waals surface area contributed by atoms with E-state index in [0.29, 0.717) is 10.9 Å². The van der Waals surface area contributed by atoms with Crippen LogP contribution in [0.5, 0.6) is 11.5 Å². The number of ether oxygens (including phenoxy) is 1. The second kappa shape index (κ2) is 3.75. The van der Waals surface area contributed by atoms with Gasteiger partial charge in [-0.2, -0.15) is 0 Å². The first-order valence-corrected chi connectivity index (χ1v) is 4.28.